The van der Waals surface area contributed by atoms with Gasteiger partial charge in [-0.3, -0.25) is 9.13 Å². The zero-order valence-corrected chi connectivity index (χ0v) is 21.7. The van der Waals surface area contributed by atoms with Gasteiger partial charge in [0, 0.05) is 38.4 Å². The fourth-order valence-corrected chi connectivity index (χ4v) is 11.7. The highest BCUT2D eigenvalue weighted by atomic mass is 28.4. The van der Waals surface area contributed by atoms with Gasteiger partial charge in [-0.1, -0.05) is 77.0 Å². The molecule has 180 valence electrons. The van der Waals surface area contributed by atoms with Crippen molar-refractivity contribution in [2.45, 2.75) is 153 Å². The average molecular weight is 451 g/mol. The van der Waals surface area contributed by atoms with Gasteiger partial charge in [0.25, 0.3) is 0 Å². The quantitative estimate of drug-likeness (QED) is 0.386. The van der Waals surface area contributed by atoms with Crippen LogP contribution < -0.4 is 0 Å². The topological polar surface area (TPSA) is 24.9 Å². The predicted octanol–water partition coefficient (Wildman–Crippen LogP) is 6.65. The fraction of sp³-hybridized carbons (Fsp3) is 1.00. The molecular formula is C26H50N2O2Si. The summed E-state index contributed by atoms with van der Waals surface area (Å²) in [5.74, 6) is 0. The van der Waals surface area contributed by atoms with Crippen molar-refractivity contribution in [3.63, 3.8) is 0 Å². The highest BCUT2D eigenvalue weighted by Gasteiger charge is 2.59. The Balaban J connectivity index is 1.72. The fourth-order valence-electron chi connectivity index (χ4n) is 7.59. The largest absolute Gasteiger partial charge is 0.522 e. The average Bonchev–Trinajstić information content (AvgIpc) is 2.86. The van der Waals surface area contributed by atoms with Crippen LogP contribution in [0.1, 0.15) is 128 Å². The molecule has 0 N–H and O–H groups in total. The zero-order chi connectivity index (χ0) is 21.5. The van der Waals surface area contributed by atoms with Gasteiger partial charge in [0.1, 0.15) is 0 Å². The monoisotopic (exact) mass is 450 g/mol. The first-order valence-corrected chi connectivity index (χ1v) is 15.7. The summed E-state index contributed by atoms with van der Waals surface area (Å²) in [6.45, 7) is 0. The lowest BCUT2D eigenvalue weighted by atomic mass is 9.90. The lowest BCUT2D eigenvalue weighted by Crippen LogP contribution is -2.77. The van der Waals surface area contributed by atoms with E-state index in [1.165, 1.54) is 128 Å². The van der Waals surface area contributed by atoms with E-state index in [-0.39, 0.29) is 0 Å². The summed E-state index contributed by atoms with van der Waals surface area (Å²) in [6, 6.07) is 2.66. The normalized spacial score (nSPS) is 26.7. The van der Waals surface area contributed by atoms with Crippen LogP contribution in [0.4, 0.5) is 0 Å². The van der Waals surface area contributed by atoms with Crippen molar-refractivity contribution in [3.8, 4) is 0 Å². The first-order chi connectivity index (χ1) is 15.3. The van der Waals surface area contributed by atoms with Gasteiger partial charge < -0.3 is 8.85 Å². The van der Waals surface area contributed by atoms with E-state index in [1.54, 1.807) is 0 Å². The Hall–Kier alpha value is 0.0569. The summed E-state index contributed by atoms with van der Waals surface area (Å²) < 4.78 is 19.5. The summed E-state index contributed by atoms with van der Waals surface area (Å²) in [4.78, 5) is 0. The maximum atomic E-state index is 6.79. The molecule has 0 unspecified atom stereocenters. The lowest BCUT2D eigenvalue weighted by molar-refractivity contribution is -0.00324. The molecule has 0 amide bonds. The number of hydrogen-bond acceptors (Lipinski definition) is 4. The zero-order valence-electron chi connectivity index (χ0n) is 20.7. The smallest absolute Gasteiger partial charge is 0.374 e. The van der Waals surface area contributed by atoms with Gasteiger partial charge >= 0.3 is 8.88 Å². The molecule has 0 aromatic carbocycles. The van der Waals surface area contributed by atoms with Crippen LogP contribution in [-0.2, 0) is 8.85 Å². The van der Waals surface area contributed by atoms with Gasteiger partial charge in [-0.05, 0) is 51.4 Å². The van der Waals surface area contributed by atoms with Crippen LogP contribution >= 0.6 is 0 Å². The van der Waals surface area contributed by atoms with Crippen LogP contribution in [0.2, 0.25) is 0 Å². The Morgan fingerprint density at radius 1 is 0.419 bits per heavy atom. The third-order valence-corrected chi connectivity index (χ3v) is 12.9. The second-order valence-corrected chi connectivity index (χ2v) is 13.9. The minimum Gasteiger partial charge on any atom is -0.374 e. The van der Waals surface area contributed by atoms with Crippen LogP contribution in [0, 0.1) is 0 Å². The molecule has 0 atom stereocenters. The highest BCUT2D eigenvalue weighted by Crippen LogP contribution is 2.41. The lowest BCUT2D eigenvalue weighted by Gasteiger charge is -2.56. The van der Waals surface area contributed by atoms with Crippen molar-refractivity contribution in [2.75, 3.05) is 14.2 Å². The molecule has 0 aromatic heterocycles. The van der Waals surface area contributed by atoms with Crippen LogP contribution in [0.25, 0.3) is 0 Å². The minimum absolute atomic E-state index is 0.665. The van der Waals surface area contributed by atoms with E-state index in [0.717, 1.165) is 0 Å². The second kappa shape index (κ2) is 12.0. The maximum absolute atomic E-state index is 6.79. The molecule has 4 aliphatic rings. The van der Waals surface area contributed by atoms with E-state index in [1.807, 2.05) is 14.2 Å². The van der Waals surface area contributed by atoms with Crippen LogP contribution in [0.3, 0.4) is 0 Å². The molecule has 0 aromatic rings. The van der Waals surface area contributed by atoms with Gasteiger partial charge in [0.05, 0.1) is 0 Å². The molecule has 4 nitrogen and oxygen atoms in total. The molecule has 0 spiro atoms. The van der Waals surface area contributed by atoms with E-state index in [4.69, 9.17) is 8.85 Å². The van der Waals surface area contributed by atoms with Crippen molar-refractivity contribution in [2.24, 2.45) is 0 Å². The second-order valence-electron chi connectivity index (χ2n) is 10.9. The summed E-state index contributed by atoms with van der Waals surface area (Å²) in [5.41, 5.74) is 0. The molecule has 0 heterocycles. The first-order valence-electron chi connectivity index (χ1n) is 14.0. The molecule has 4 fully saturated rings. The van der Waals surface area contributed by atoms with Crippen molar-refractivity contribution in [1.82, 2.24) is 9.13 Å². The summed E-state index contributed by atoms with van der Waals surface area (Å²) in [5, 5.41) is 0. The molecule has 31 heavy (non-hydrogen) atoms. The van der Waals surface area contributed by atoms with Crippen LogP contribution in [-0.4, -0.2) is 56.4 Å². The van der Waals surface area contributed by atoms with Gasteiger partial charge in [-0.25, -0.2) is 0 Å². The van der Waals surface area contributed by atoms with Gasteiger partial charge in [-0.2, -0.15) is 0 Å². The molecular weight excluding hydrogens is 400 g/mol. The van der Waals surface area contributed by atoms with Crippen molar-refractivity contribution < 1.29 is 8.85 Å². The standard InChI is InChI=1S/C26H50N2O2Si/c1-29-31(30-2,27(23-15-7-3-8-16-23)24-17-9-4-10-18-24)28(25-19-11-5-12-20-25)26-21-13-6-14-22-26/h23-26H,3-22H2,1-2H3. The van der Waals surface area contributed by atoms with E-state index in [0.29, 0.717) is 24.2 Å². The minimum atomic E-state index is -2.69. The Bertz CT molecular complexity index is 428. The molecule has 4 aliphatic carbocycles. The Labute approximate surface area is 193 Å². The maximum Gasteiger partial charge on any atom is 0.522 e. The van der Waals surface area contributed by atoms with E-state index in [2.05, 4.69) is 9.13 Å². The highest BCUT2D eigenvalue weighted by molar-refractivity contribution is 6.61. The predicted molar refractivity (Wildman–Crippen MR) is 131 cm³/mol. The van der Waals surface area contributed by atoms with Gasteiger partial charge in [0.2, 0.25) is 0 Å². The Kier molecular flexibility index (Phi) is 9.34. The molecule has 0 saturated heterocycles. The molecule has 4 saturated carbocycles. The van der Waals surface area contributed by atoms with E-state index in [9.17, 15) is 0 Å². The van der Waals surface area contributed by atoms with E-state index < -0.39 is 8.88 Å². The van der Waals surface area contributed by atoms with E-state index >= 15 is 0 Å². The van der Waals surface area contributed by atoms with Crippen LogP contribution in [0.5, 0.6) is 0 Å². The van der Waals surface area contributed by atoms with Crippen molar-refractivity contribution in [3.05, 3.63) is 0 Å². The number of rotatable bonds is 8. The first kappa shape index (κ1) is 24.2. The molecule has 0 aliphatic heterocycles. The third kappa shape index (κ3) is 5.42. The number of hydrogen-bond donors (Lipinski definition) is 0. The SMILES string of the molecule is CO[Si](OC)(N(C1CCCCC1)C1CCCCC1)N(C1CCCCC1)C1CCCCC1. The third-order valence-electron chi connectivity index (χ3n) is 9.06. The summed E-state index contributed by atoms with van der Waals surface area (Å²) in [7, 11) is 1.33. The Morgan fingerprint density at radius 3 is 0.839 bits per heavy atom. The molecule has 4 rings (SSSR count). The summed E-state index contributed by atoms with van der Waals surface area (Å²) in [6.07, 6.45) is 27.5. The van der Waals surface area contributed by atoms with Crippen molar-refractivity contribution >= 4 is 8.88 Å². The molecule has 0 bridgehead atoms. The Morgan fingerprint density at radius 2 is 0.645 bits per heavy atom. The molecule has 5 heteroatoms. The summed E-state index contributed by atoms with van der Waals surface area (Å²) >= 11 is 0. The number of nitrogens with zero attached hydrogens (tertiary/aromatic N) is 2. The molecule has 0 radical (unpaired) electrons. The van der Waals surface area contributed by atoms with Crippen LogP contribution in [0.15, 0.2) is 0 Å². The van der Waals surface area contributed by atoms with Gasteiger partial charge in [-0.15, -0.1) is 0 Å². The van der Waals surface area contributed by atoms with Gasteiger partial charge in [0.15, 0.2) is 0 Å². The van der Waals surface area contributed by atoms with Crippen molar-refractivity contribution in [1.29, 1.82) is 0 Å².